The van der Waals surface area contributed by atoms with Gasteiger partial charge in [0.25, 0.3) is 5.91 Å². The Morgan fingerprint density at radius 2 is 2.44 bits per heavy atom. The van der Waals surface area contributed by atoms with Gasteiger partial charge in [-0.3, -0.25) is 4.79 Å². The molecule has 0 aliphatic carbocycles. The van der Waals surface area contributed by atoms with Crippen molar-refractivity contribution in [2.75, 3.05) is 26.3 Å². The largest absolute Gasteiger partial charge is 0.381 e. The standard InChI is InChI=1S/C12H17BrN2O2S/c1-3-17-7-9-4-5-15(6-9)11(16)10-8(2)14-12(13)18-10/h9H,3-7H2,1-2H3/t9-/m1/s1. The van der Waals surface area contributed by atoms with E-state index in [0.29, 0.717) is 5.92 Å². The van der Waals surface area contributed by atoms with Crippen molar-refractivity contribution in [2.24, 2.45) is 5.92 Å². The number of rotatable bonds is 4. The van der Waals surface area contributed by atoms with Crippen molar-refractivity contribution in [3.8, 4) is 0 Å². The molecule has 0 bridgehead atoms. The van der Waals surface area contributed by atoms with Gasteiger partial charge in [0.15, 0.2) is 3.92 Å². The number of amides is 1. The van der Waals surface area contributed by atoms with Crippen LogP contribution in [0.5, 0.6) is 0 Å². The molecule has 1 saturated heterocycles. The molecule has 6 heteroatoms. The number of carbonyl (C=O) groups is 1. The lowest BCUT2D eigenvalue weighted by atomic mass is 10.1. The molecule has 0 saturated carbocycles. The average Bonchev–Trinajstić information content (AvgIpc) is 2.92. The number of ether oxygens (including phenoxy) is 1. The number of thiazole rings is 1. The van der Waals surface area contributed by atoms with Gasteiger partial charge < -0.3 is 9.64 Å². The van der Waals surface area contributed by atoms with Crippen molar-refractivity contribution in [1.82, 2.24) is 9.88 Å². The van der Waals surface area contributed by atoms with E-state index in [9.17, 15) is 4.79 Å². The molecule has 0 N–H and O–H groups in total. The van der Waals surface area contributed by atoms with Crippen LogP contribution in [-0.4, -0.2) is 42.1 Å². The summed E-state index contributed by atoms with van der Waals surface area (Å²) in [7, 11) is 0. The zero-order valence-electron chi connectivity index (χ0n) is 10.6. The summed E-state index contributed by atoms with van der Waals surface area (Å²) in [5.41, 5.74) is 0.810. The van der Waals surface area contributed by atoms with E-state index in [2.05, 4.69) is 20.9 Å². The Bertz CT molecular complexity index is 436. The Hall–Kier alpha value is -0.460. The van der Waals surface area contributed by atoms with Gasteiger partial charge in [-0.1, -0.05) is 0 Å². The number of hydrogen-bond donors (Lipinski definition) is 0. The number of nitrogens with zero attached hydrogens (tertiary/aromatic N) is 2. The van der Waals surface area contributed by atoms with Gasteiger partial charge in [-0.05, 0) is 36.2 Å². The van der Waals surface area contributed by atoms with Crippen LogP contribution >= 0.6 is 27.3 Å². The van der Waals surface area contributed by atoms with Crippen LogP contribution in [0.25, 0.3) is 0 Å². The number of aryl methyl sites for hydroxylation is 1. The van der Waals surface area contributed by atoms with Crippen molar-refractivity contribution in [3.63, 3.8) is 0 Å². The predicted octanol–water partition coefficient (Wildman–Crippen LogP) is 2.71. The summed E-state index contributed by atoms with van der Waals surface area (Å²) in [6.45, 7) is 6.99. The third-order valence-electron chi connectivity index (χ3n) is 3.10. The van der Waals surface area contributed by atoms with Gasteiger partial charge in [-0.2, -0.15) is 0 Å². The van der Waals surface area contributed by atoms with Crippen molar-refractivity contribution < 1.29 is 9.53 Å². The Morgan fingerprint density at radius 1 is 1.67 bits per heavy atom. The van der Waals surface area contributed by atoms with Gasteiger partial charge in [0.1, 0.15) is 4.88 Å². The number of hydrogen-bond acceptors (Lipinski definition) is 4. The first-order valence-corrected chi connectivity index (χ1v) is 7.72. The summed E-state index contributed by atoms with van der Waals surface area (Å²) in [5.74, 6) is 0.584. The summed E-state index contributed by atoms with van der Waals surface area (Å²) >= 11 is 4.73. The SMILES string of the molecule is CCOC[C@@H]1CCN(C(=O)c2sc(Br)nc2C)C1. The molecular formula is C12H17BrN2O2S. The van der Waals surface area contributed by atoms with Crippen molar-refractivity contribution >= 4 is 33.2 Å². The molecule has 1 aliphatic heterocycles. The fraction of sp³-hybridized carbons (Fsp3) is 0.667. The van der Waals surface area contributed by atoms with Crippen molar-refractivity contribution in [2.45, 2.75) is 20.3 Å². The van der Waals surface area contributed by atoms with E-state index in [0.717, 1.165) is 47.2 Å². The molecule has 1 atom stereocenters. The van der Waals surface area contributed by atoms with E-state index in [-0.39, 0.29) is 5.91 Å². The summed E-state index contributed by atoms with van der Waals surface area (Å²) in [6.07, 6.45) is 1.03. The lowest BCUT2D eigenvalue weighted by Gasteiger charge is -2.15. The number of halogens is 1. The second-order valence-corrected chi connectivity index (χ2v) is 6.72. The summed E-state index contributed by atoms with van der Waals surface area (Å²) in [6, 6.07) is 0. The first kappa shape index (κ1) is 14.0. The molecular weight excluding hydrogens is 316 g/mol. The van der Waals surface area contributed by atoms with Crippen LogP contribution in [0.4, 0.5) is 0 Å². The maximum absolute atomic E-state index is 12.3. The third kappa shape index (κ3) is 3.10. The summed E-state index contributed by atoms with van der Waals surface area (Å²) in [4.78, 5) is 19.2. The molecule has 2 heterocycles. The molecule has 0 unspecified atom stereocenters. The van der Waals surface area contributed by atoms with Gasteiger partial charge in [0.05, 0.1) is 12.3 Å². The molecule has 1 aromatic rings. The van der Waals surface area contributed by atoms with E-state index in [1.807, 2.05) is 18.7 Å². The quantitative estimate of drug-likeness (QED) is 0.851. The monoisotopic (exact) mass is 332 g/mol. The summed E-state index contributed by atoms with van der Waals surface area (Å²) in [5, 5.41) is 0. The van der Waals surface area contributed by atoms with Gasteiger partial charge >= 0.3 is 0 Å². The Balaban J connectivity index is 1.97. The highest BCUT2D eigenvalue weighted by molar-refractivity contribution is 9.11. The predicted molar refractivity (Wildman–Crippen MR) is 75.1 cm³/mol. The van der Waals surface area contributed by atoms with E-state index in [1.165, 1.54) is 11.3 Å². The highest BCUT2D eigenvalue weighted by atomic mass is 79.9. The minimum atomic E-state index is 0.106. The van der Waals surface area contributed by atoms with Crippen LogP contribution in [0.2, 0.25) is 0 Å². The molecule has 100 valence electrons. The first-order chi connectivity index (χ1) is 8.61. The zero-order chi connectivity index (χ0) is 13.1. The first-order valence-electron chi connectivity index (χ1n) is 6.11. The Labute approximate surface area is 119 Å². The topological polar surface area (TPSA) is 42.4 Å². The van der Waals surface area contributed by atoms with Crippen LogP contribution in [0.15, 0.2) is 3.92 Å². The number of aromatic nitrogens is 1. The third-order valence-corrected chi connectivity index (χ3v) is 4.69. The molecule has 0 aromatic carbocycles. The average molecular weight is 333 g/mol. The van der Waals surface area contributed by atoms with E-state index < -0.39 is 0 Å². The number of likely N-dealkylation sites (tertiary alicyclic amines) is 1. The molecule has 1 fully saturated rings. The molecule has 18 heavy (non-hydrogen) atoms. The molecule has 2 rings (SSSR count). The molecule has 1 amide bonds. The normalized spacial score (nSPS) is 19.5. The Morgan fingerprint density at radius 3 is 3.06 bits per heavy atom. The van der Waals surface area contributed by atoms with Crippen LogP contribution < -0.4 is 0 Å². The van der Waals surface area contributed by atoms with Gasteiger partial charge in [-0.15, -0.1) is 11.3 Å². The minimum Gasteiger partial charge on any atom is -0.381 e. The van der Waals surface area contributed by atoms with E-state index >= 15 is 0 Å². The van der Waals surface area contributed by atoms with Crippen LogP contribution in [0.1, 0.15) is 28.7 Å². The fourth-order valence-electron chi connectivity index (χ4n) is 2.14. The summed E-state index contributed by atoms with van der Waals surface area (Å²) < 4.78 is 6.20. The molecule has 0 radical (unpaired) electrons. The van der Waals surface area contributed by atoms with Crippen molar-refractivity contribution in [3.05, 3.63) is 14.5 Å². The molecule has 1 aliphatic rings. The van der Waals surface area contributed by atoms with Gasteiger partial charge in [0, 0.05) is 25.6 Å². The Kier molecular flexibility index (Phi) is 4.75. The van der Waals surface area contributed by atoms with Crippen LogP contribution in [-0.2, 0) is 4.74 Å². The minimum absolute atomic E-state index is 0.106. The second kappa shape index (κ2) is 6.12. The van der Waals surface area contributed by atoms with Crippen molar-refractivity contribution in [1.29, 1.82) is 0 Å². The van der Waals surface area contributed by atoms with Crippen LogP contribution in [0, 0.1) is 12.8 Å². The van der Waals surface area contributed by atoms with E-state index in [1.54, 1.807) is 0 Å². The van der Waals surface area contributed by atoms with E-state index in [4.69, 9.17) is 4.74 Å². The smallest absolute Gasteiger partial charge is 0.265 e. The number of carbonyl (C=O) groups excluding carboxylic acids is 1. The van der Waals surface area contributed by atoms with Gasteiger partial charge in [-0.25, -0.2) is 4.98 Å². The lowest BCUT2D eigenvalue weighted by Crippen LogP contribution is -2.29. The highest BCUT2D eigenvalue weighted by Gasteiger charge is 2.29. The molecule has 0 spiro atoms. The molecule has 1 aromatic heterocycles. The maximum atomic E-state index is 12.3. The zero-order valence-corrected chi connectivity index (χ0v) is 13.0. The highest BCUT2D eigenvalue weighted by Crippen LogP contribution is 2.26. The van der Waals surface area contributed by atoms with Crippen LogP contribution in [0.3, 0.4) is 0 Å². The maximum Gasteiger partial charge on any atom is 0.265 e. The van der Waals surface area contributed by atoms with Gasteiger partial charge in [0.2, 0.25) is 0 Å². The lowest BCUT2D eigenvalue weighted by molar-refractivity contribution is 0.0766. The second-order valence-electron chi connectivity index (χ2n) is 4.45. The fourth-order valence-corrected chi connectivity index (χ4v) is 3.66. The molecule has 4 nitrogen and oxygen atoms in total.